The summed E-state index contributed by atoms with van der Waals surface area (Å²) < 4.78 is 18.9. The van der Waals surface area contributed by atoms with Crippen LogP contribution in [0.15, 0.2) is 12.1 Å². The molecule has 0 amide bonds. The lowest BCUT2D eigenvalue weighted by molar-refractivity contribution is 0.301. The van der Waals surface area contributed by atoms with Crippen molar-refractivity contribution in [2.24, 2.45) is 0 Å². The van der Waals surface area contributed by atoms with Crippen LogP contribution < -0.4 is 15.4 Å². The molecule has 0 bridgehead atoms. The second kappa shape index (κ2) is 5.75. The molecule has 0 radical (unpaired) electrons. The van der Waals surface area contributed by atoms with E-state index in [1.807, 2.05) is 18.9 Å². The molecular formula is C13H21FN2O. The van der Waals surface area contributed by atoms with Gasteiger partial charge in [-0.05, 0) is 20.3 Å². The quantitative estimate of drug-likeness (QED) is 0.804. The van der Waals surface area contributed by atoms with Gasteiger partial charge >= 0.3 is 0 Å². The second-order valence-electron chi connectivity index (χ2n) is 4.39. The molecule has 1 rings (SSSR count). The number of anilines is 2. The van der Waals surface area contributed by atoms with Crippen molar-refractivity contribution in [2.45, 2.75) is 33.2 Å². The normalized spacial score (nSPS) is 10.7. The van der Waals surface area contributed by atoms with Crippen LogP contribution in [0.3, 0.4) is 0 Å². The average Bonchev–Trinajstić information content (AvgIpc) is 2.27. The largest absolute Gasteiger partial charge is 0.490 e. The molecule has 0 saturated heterocycles. The Hall–Kier alpha value is -1.45. The molecule has 0 aliphatic rings. The van der Waals surface area contributed by atoms with Gasteiger partial charge < -0.3 is 15.4 Å². The second-order valence-corrected chi connectivity index (χ2v) is 4.39. The molecule has 17 heavy (non-hydrogen) atoms. The van der Waals surface area contributed by atoms with Gasteiger partial charge in [-0.2, -0.15) is 0 Å². The monoisotopic (exact) mass is 240 g/mol. The fourth-order valence-corrected chi connectivity index (χ4v) is 1.46. The van der Waals surface area contributed by atoms with E-state index in [4.69, 9.17) is 10.5 Å². The highest BCUT2D eigenvalue weighted by Gasteiger charge is 2.13. The zero-order valence-electron chi connectivity index (χ0n) is 11.0. The van der Waals surface area contributed by atoms with Crippen LogP contribution in [0.1, 0.15) is 27.2 Å². The number of nitrogens with two attached hydrogens (primary N) is 1. The molecule has 0 aliphatic heterocycles. The summed E-state index contributed by atoms with van der Waals surface area (Å²) in [6, 6.07) is 3.28. The number of rotatable bonds is 5. The first-order valence-electron chi connectivity index (χ1n) is 5.92. The first-order chi connectivity index (χ1) is 7.97. The van der Waals surface area contributed by atoms with Crippen molar-refractivity contribution in [2.75, 3.05) is 24.3 Å². The Kier molecular flexibility index (Phi) is 4.61. The zero-order valence-corrected chi connectivity index (χ0v) is 11.0. The Morgan fingerprint density at radius 2 is 2.06 bits per heavy atom. The molecule has 0 fully saturated rings. The Morgan fingerprint density at radius 3 is 2.59 bits per heavy atom. The Bertz CT molecular complexity index is 380. The van der Waals surface area contributed by atoms with Crippen molar-refractivity contribution in [1.82, 2.24) is 0 Å². The van der Waals surface area contributed by atoms with E-state index in [1.165, 1.54) is 6.07 Å². The summed E-state index contributed by atoms with van der Waals surface area (Å²) in [6.07, 6.45) is 0.846. The van der Waals surface area contributed by atoms with Crippen LogP contribution in [0, 0.1) is 5.82 Å². The van der Waals surface area contributed by atoms with Gasteiger partial charge in [0.2, 0.25) is 0 Å². The summed E-state index contributed by atoms with van der Waals surface area (Å²) in [5.74, 6) is -0.139. The van der Waals surface area contributed by atoms with Crippen LogP contribution in [0.2, 0.25) is 0 Å². The van der Waals surface area contributed by atoms with E-state index in [9.17, 15) is 4.39 Å². The lowest BCUT2D eigenvalue weighted by atomic mass is 10.2. The number of ether oxygens (including phenoxy) is 1. The minimum absolute atomic E-state index is 0.267. The number of nitrogen functional groups attached to an aromatic ring is 1. The zero-order chi connectivity index (χ0) is 13.0. The van der Waals surface area contributed by atoms with Gasteiger partial charge in [0.05, 0.1) is 18.0 Å². The van der Waals surface area contributed by atoms with Crippen LogP contribution in [0.5, 0.6) is 5.75 Å². The van der Waals surface area contributed by atoms with Crippen molar-refractivity contribution >= 4 is 11.4 Å². The van der Waals surface area contributed by atoms with Gasteiger partial charge in [0, 0.05) is 25.2 Å². The van der Waals surface area contributed by atoms with Gasteiger partial charge in [0.1, 0.15) is 0 Å². The van der Waals surface area contributed by atoms with Crippen molar-refractivity contribution < 1.29 is 9.13 Å². The third kappa shape index (κ3) is 3.25. The van der Waals surface area contributed by atoms with Gasteiger partial charge in [0.25, 0.3) is 0 Å². The van der Waals surface area contributed by atoms with Crippen LogP contribution in [0.25, 0.3) is 0 Å². The smallest absolute Gasteiger partial charge is 0.167 e. The average molecular weight is 240 g/mol. The van der Waals surface area contributed by atoms with Crippen molar-refractivity contribution in [1.29, 1.82) is 0 Å². The van der Waals surface area contributed by atoms with Crippen molar-refractivity contribution in [3.63, 3.8) is 0 Å². The lowest BCUT2D eigenvalue weighted by Gasteiger charge is -2.26. The van der Waals surface area contributed by atoms with E-state index in [2.05, 4.69) is 13.8 Å². The van der Waals surface area contributed by atoms with E-state index in [0.29, 0.717) is 18.3 Å². The highest BCUT2D eigenvalue weighted by Crippen LogP contribution is 2.31. The summed E-state index contributed by atoms with van der Waals surface area (Å²) in [6.45, 7) is 6.59. The van der Waals surface area contributed by atoms with Crippen LogP contribution >= 0.6 is 0 Å². The molecule has 1 aromatic carbocycles. The molecule has 2 N–H and O–H groups in total. The third-order valence-corrected chi connectivity index (χ3v) is 2.70. The number of halogens is 1. The minimum atomic E-state index is -0.406. The Morgan fingerprint density at radius 1 is 1.41 bits per heavy atom. The van der Waals surface area contributed by atoms with Crippen molar-refractivity contribution in [3.8, 4) is 5.75 Å². The van der Waals surface area contributed by atoms with E-state index < -0.39 is 5.82 Å². The molecule has 0 aliphatic carbocycles. The molecule has 0 unspecified atom stereocenters. The van der Waals surface area contributed by atoms with Crippen molar-refractivity contribution in [3.05, 3.63) is 17.9 Å². The first-order valence-corrected chi connectivity index (χ1v) is 5.92. The van der Waals surface area contributed by atoms with E-state index in [1.54, 1.807) is 6.07 Å². The predicted octanol–water partition coefficient (Wildman–Crippen LogP) is 3.04. The summed E-state index contributed by atoms with van der Waals surface area (Å²) >= 11 is 0. The van der Waals surface area contributed by atoms with E-state index in [0.717, 1.165) is 12.1 Å². The predicted molar refractivity (Wildman–Crippen MR) is 70.1 cm³/mol. The van der Waals surface area contributed by atoms with Crippen LogP contribution in [-0.4, -0.2) is 19.7 Å². The summed E-state index contributed by atoms with van der Waals surface area (Å²) in [5, 5.41) is 0. The van der Waals surface area contributed by atoms with Gasteiger partial charge in [-0.1, -0.05) is 6.92 Å². The maximum atomic E-state index is 13.6. The fourth-order valence-electron chi connectivity index (χ4n) is 1.46. The summed E-state index contributed by atoms with van der Waals surface area (Å²) in [4.78, 5) is 1.99. The standard InChI is InChI=1S/C13H21FN2O/c1-5-6-17-13-8-12(16(4)9(2)3)11(15)7-10(13)14/h7-9H,5-6,15H2,1-4H3. The number of hydrogen-bond acceptors (Lipinski definition) is 3. The minimum Gasteiger partial charge on any atom is -0.490 e. The first kappa shape index (κ1) is 13.6. The van der Waals surface area contributed by atoms with Gasteiger partial charge in [-0.3, -0.25) is 0 Å². The molecule has 0 saturated carbocycles. The number of nitrogens with zero attached hydrogens (tertiary/aromatic N) is 1. The van der Waals surface area contributed by atoms with Gasteiger partial charge in [-0.25, -0.2) is 4.39 Å². The highest BCUT2D eigenvalue weighted by atomic mass is 19.1. The summed E-state index contributed by atoms with van der Waals surface area (Å²) in [7, 11) is 1.93. The Balaban J connectivity index is 3.05. The molecule has 1 aromatic rings. The van der Waals surface area contributed by atoms with Crippen LogP contribution in [-0.2, 0) is 0 Å². The van der Waals surface area contributed by atoms with Crippen LogP contribution in [0.4, 0.5) is 15.8 Å². The molecule has 0 atom stereocenters. The molecule has 96 valence electrons. The lowest BCUT2D eigenvalue weighted by Crippen LogP contribution is -2.26. The molecule has 0 spiro atoms. The van der Waals surface area contributed by atoms with E-state index >= 15 is 0 Å². The van der Waals surface area contributed by atoms with Gasteiger partial charge in [0.15, 0.2) is 11.6 Å². The maximum Gasteiger partial charge on any atom is 0.167 e. The Labute approximate surface area is 102 Å². The molecule has 0 aromatic heterocycles. The number of hydrogen-bond donors (Lipinski definition) is 1. The third-order valence-electron chi connectivity index (χ3n) is 2.70. The highest BCUT2D eigenvalue weighted by molar-refractivity contribution is 5.70. The topological polar surface area (TPSA) is 38.5 Å². The summed E-state index contributed by atoms with van der Waals surface area (Å²) in [5.41, 5.74) is 7.05. The SMILES string of the molecule is CCCOc1cc(N(C)C(C)C)c(N)cc1F. The molecular weight excluding hydrogens is 219 g/mol. The fraction of sp³-hybridized carbons (Fsp3) is 0.538. The molecule has 4 heteroatoms. The van der Waals surface area contributed by atoms with Gasteiger partial charge in [-0.15, -0.1) is 0 Å². The maximum absolute atomic E-state index is 13.6. The number of benzene rings is 1. The molecule has 3 nitrogen and oxygen atoms in total. The van der Waals surface area contributed by atoms with E-state index in [-0.39, 0.29) is 5.75 Å². The molecule has 0 heterocycles.